The Morgan fingerprint density at radius 2 is 1.71 bits per heavy atom. The van der Waals surface area contributed by atoms with Crippen molar-refractivity contribution in [2.75, 3.05) is 18.1 Å². The van der Waals surface area contributed by atoms with Gasteiger partial charge in [-0.2, -0.15) is 0 Å². The maximum absolute atomic E-state index is 12.7. The van der Waals surface area contributed by atoms with Gasteiger partial charge in [-0.25, -0.2) is 14.8 Å². The van der Waals surface area contributed by atoms with Gasteiger partial charge in [-0.05, 0) is 55.7 Å². The molecule has 2 aromatic carbocycles. The molecule has 10 heteroatoms. The van der Waals surface area contributed by atoms with Crippen molar-refractivity contribution in [3.05, 3.63) is 83.6 Å². The molecule has 0 bridgehead atoms. The zero-order valence-electron chi connectivity index (χ0n) is 20.6. The summed E-state index contributed by atoms with van der Waals surface area (Å²) in [5.74, 6) is 0.304. The van der Waals surface area contributed by atoms with Gasteiger partial charge in [0.05, 0.1) is 11.9 Å². The number of ether oxygens (including phenoxy) is 2. The molecule has 1 aromatic heterocycles. The Balaban J connectivity index is 1.13. The topological polar surface area (TPSA) is 122 Å². The molecule has 2 saturated heterocycles. The van der Waals surface area contributed by atoms with Gasteiger partial charge in [0.25, 0.3) is 11.8 Å². The molecule has 1 atom stereocenters. The summed E-state index contributed by atoms with van der Waals surface area (Å²) in [6.07, 6.45) is 2.49. The number of pyridine rings is 1. The zero-order chi connectivity index (χ0) is 26.3. The number of barbiturate groups is 1. The van der Waals surface area contributed by atoms with Crippen molar-refractivity contribution in [1.82, 2.24) is 15.6 Å². The second-order valence-electron chi connectivity index (χ2n) is 9.51. The van der Waals surface area contributed by atoms with Gasteiger partial charge >= 0.3 is 6.03 Å². The van der Waals surface area contributed by atoms with Crippen LogP contribution in [0.3, 0.4) is 0 Å². The Morgan fingerprint density at radius 3 is 2.39 bits per heavy atom. The van der Waals surface area contributed by atoms with Crippen molar-refractivity contribution in [2.45, 2.75) is 31.3 Å². The largest absolute Gasteiger partial charge is 0.475 e. The molecule has 192 valence electrons. The lowest BCUT2D eigenvalue weighted by Gasteiger charge is -2.38. The zero-order valence-corrected chi connectivity index (χ0v) is 20.6. The first-order valence-corrected chi connectivity index (χ1v) is 12.4. The molecule has 1 unspecified atom stereocenters. The van der Waals surface area contributed by atoms with E-state index in [1.54, 1.807) is 23.2 Å². The number of nitrogens with one attached hydrogen (secondary N) is 2. The van der Waals surface area contributed by atoms with E-state index in [1.165, 1.54) is 5.56 Å². The molecule has 38 heavy (non-hydrogen) atoms. The number of anilines is 1. The second-order valence-corrected chi connectivity index (χ2v) is 9.51. The van der Waals surface area contributed by atoms with E-state index in [9.17, 15) is 14.4 Å². The molecule has 1 spiro atoms. The summed E-state index contributed by atoms with van der Waals surface area (Å²) >= 11 is 0. The lowest BCUT2D eigenvalue weighted by Crippen LogP contribution is -2.71. The van der Waals surface area contributed by atoms with E-state index in [-0.39, 0.29) is 6.04 Å². The molecule has 4 amide bonds. The number of imide groups is 2. The normalized spacial score (nSPS) is 20.1. The molecule has 0 aliphatic carbocycles. The van der Waals surface area contributed by atoms with Gasteiger partial charge in [-0.15, -0.1) is 0 Å². The van der Waals surface area contributed by atoms with Crippen LogP contribution in [-0.4, -0.2) is 47.4 Å². The van der Waals surface area contributed by atoms with Gasteiger partial charge in [0.1, 0.15) is 18.4 Å². The number of carbonyl (C=O) groups excluding carboxylic acids is 3. The average Bonchev–Trinajstić information content (AvgIpc) is 3.58. The molecular formula is C28H25N5O5. The maximum Gasteiger partial charge on any atom is 0.328 e. The fourth-order valence-electron chi connectivity index (χ4n) is 5.06. The number of aromatic nitrogens is 1. The number of aliphatic imine (C=N–C) groups is 1. The fourth-order valence-corrected chi connectivity index (χ4v) is 5.06. The van der Waals surface area contributed by atoms with Crippen LogP contribution in [0, 0.1) is 6.92 Å². The van der Waals surface area contributed by atoms with E-state index in [0.29, 0.717) is 49.2 Å². The van der Waals surface area contributed by atoms with Crippen LogP contribution in [0.25, 0.3) is 0 Å². The summed E-state index contributed by atoms with van der Waals surface area (Å²) in [6, 6.07) is 18.3. The van der Waals surface area contributed by atoms with Crippen LogP contribution < -0.4 is 20.3 Å². The van der Waals surface area contributed by atoms with Crippen molar-refractivity contribution in [1.29, 1.82) is 0 Å². The van der Waals surface area contributed by atoms with Gasteiger partial charge in [0.15, 0.2) is 5.54 Å². The van der Waals surface area contributed by atoms with Gasteiger partial charge in [0.2, 0.25) is 11.8 Å². The van der Waals surface area contributed by atoms with Crippen molar-refractivity contribution >= 4 is 29.4 Å². The van der Waals surface area contributed by atoms with Crippen LogP contribution in [0.1, 0.15) is 35.6 Å². The van der Waals surface area contributed by atoms with Crippen LogP contribution in [0.15, 0.2) is 71.9 Å². The monoisotopic (exact) mass is 511 g/mol. The molecule has 3 aromatic rings. The number of amides is 4. The number of carbonyl (C=O) groups is 3. The standard InChI is InChI=1S/C28H25N5O5/c1-17-3-5-18(6-4-17)22-16-37-24(30-22)19-7-10-21(11-8-19)38-23-12-9-20(15-29-23)33-14-2-13-28(33)25(34)31-27(36)32-26(28)35/h3-12,15,22H,2,13-14,16H2,1H3,(H2,31,32,34,35,36). The summed E-state index contributed by atoms with van der Waals surface area (Å²) in [5, 5.41) is 4.42. The Hall–Kier alpha value is -4.73. The average molecular weight is 512 g/mol. The quantitative estimate of drug-likeness (QED) is 0.504. The van der Waals surface area contributed by atoms with Gasteiger partial charge in [0, 0.05) is 18.2 Å². The molecule has 10 nitrogen and oxygen atoms in total. The number of rotatable bonds is 5. The Morgan fingerprint density at radius 1 is 0.974 bits per heavy atom. The van der Waals surface area contributed by atoms with Gasteiger partial charge < -0.3 is 14.4 Å². The predicted molar refractivity (Wildman–Crippen MR) is 138 cm³/mol. The fraction of sp³-hybridized carbons (Fsp3) is 0.250. The molecule has 0 saturated carbocycles. The summed E-state index contributed by atoms with van der Waals surface area (Å²) < 4.78 is 11.7. The molecule has 2 N–H and O–H groups in total. The number of hydrogen-bond acceptors (Lipinski definition) is 8. The Bertz CT molecular complexity index is 1410. The van der Waals surface area contributed by atoms with Gasteiger partial charge in [-0.3, -0.25) is 20.2 Å². The first-order valence-electron chi connectivity index (χ1n) is 12.4. The molecule has 0 radical (unpaired) electrons. The molecule has 2 fully saturated rings. The molecule has 3 aliphatic heterocycles. The Kier molecular flexibility index (Phi) is 5.79. The van der Waals surface area contributed by atoms with Crippen LogP contribution in [0.5, 0.6) is 11.6 Å². The lowest BCUT2D eigenvalue weighted by molar-refractivity contribution is -0.137. The van der Waals surface area contributed by atoms with Crippen LogP contribution >= 0.6 is 0 Å². The molecule has 4 heterocycles. The highest BCUT2D eigenvalue weighted by Crippen LogP contribution is 2.36. The highest BCUT2D eigenvalue weighted by molar-refractivity contribution is 6.24. The summed E-state index contributed by atoms with van der Waals surface area (Å²) in [7, 11) is 0. The SMILES string of the molecule is Cc1ccc(C2COC(c3ccc(Oc4ccc(N5CCCC56C(=O)NC(=O)NC6=O)cn4)cc3)=N2)cc1. The second kappa shape index (κ2) is 9.29. The summed E-state index contributed by atoms with van der Waals surface area (Å²) in [4.78, 5) is 47.6. The summed E-state index contributed by atoms with van der Waals surface area (Å²) in [6.45, 7) is 3.04. The smallest absolute Gasteiger partial charge is 0.328 e. The number of benzene rings is 2. The highest BCUT2D eigenvalue weighted by atomic mass is 16.5. The van der Waals surface area contributed by atoms with E-state index < -0.39 is 23.4 Å². The van der Waals surface area contributed by atoms with E-state index >= 15 is 0 Å². The van der Waals surface area contributed by atoms with Crippen LogP contribution in [-0.2, 0) is 14.3 Å². The van der Waals surface area contributed by atoms with Crippen molar-refractivity contribution < 1.29 is 23.9 Å². The lowest BCUT2D eigenvalue weighted by atomic mass is 9.92. The predicted octanol–water partition coefficient (Wildman–Crippen LogP) is 3.41. The third-order valence-corrected chi connectivity index (χ3v) is 7.06. The Labute approximate surface area is 218 Å². The third kappa shape index (κ3) is 4.13. The van der Waals surface area contributed by atoms with Crippen LogP contribution in [0.4, 0.5) is 10.5 Å². The maximum atomic E-state index is 12.7. The minimum atomic E-state index is -1.46. The van der Waals surface area contributed by atoms with Crippen molar-refractivity contribution in [3.63, 3.8) is 0 Å². The van der Waals surface area contributed by atoms with E-state index in [1.807, 2.05) is 24.3 Å². The minimum absolute atomic E-state index is 0.0229. The highest BCUT2D eigenvalue weighted by Gasteiger charge is 2.57. The summed E-state index contributed by atoms with van der Waals surface area (Å²) in [5.41, 5.74) is 2.31. The molecule has 3 aliphatic rings. The molecule has 6 rings (SSSR count). The van der Waals surface area contributed by atoms with E-state index in [2.05, 4.69) is 46.8 Å². The van der Waals surface area contributed by atoms with E-state index in [0.717, 1.165) is 11.1 Å². The number of aryl methyl sites for hydroxylation is 1. The first-order chi connectivity index (χ1) is 18.4. The third-order valence-electron chi connectivity index (χ3n) is 7.06. The number of nitrogens with zero attached hydrogens (tertiary/aromatic N) is 3. The minimum Gasteiger partial charge on any atom is -0.475 e. The van der Waals surface area contributed by atoms with Crippen molar-refractivity contribution in [3.8, 4) is 11.6 Å². The van der Waals surface area contributed by atoms with E-state index in [4.69, 9.17) is 14.5 Å². The number of urea groups is 1. The number of hydrogen-bond donors (Lipinski definition) is 2. The van der Waals surface area contributed by atoms with Gasteiger partial charge in [-0.1, -0.05) is 29.8 Å². The first kappa shape index (κ1) is 23.7. The molecular weight excluding hydrogens is 486 g/mol. The van der Waals surface area contributed by atoms with Crippen molar-refractivity contribution in [2.24, 2.45) is 4.99 Å². The van der Waals surface area contributed by atoms with Crippen LogP contribution in [0.2, 0.25) is 0 Å².